The number of hydrogen-bond acceptors (Lipinski definition) is 4. The second kappa shape index (κ2) is 7.20. The van der Waals surface area contributed by atoms with Crippen LogP contribution < -0.4 is 5.32 Å². The van der Waals surface area contributed by atoms with E-state index in [-0.39, 0.29) is 0 Å². The zero-order valence-electron chi connectivity index (χ0n) is 11.8. The quantitative estimate of drug-likeness (QED) is 0.835. The summed E-state index contributed by atoms with van der Waals surface area (Å²) in [5.74, 6) is 0. The molecular formula is C15H22N2S2. The average Bonchev–Trinajstić information content (AvgIpc) is 3.07. The lowest BCUT2D eigenvalue weighted by atomic mass is 10.2. The molecule has 4 heteroatoms. The van der Waals surface area contributed by atoms with Crippen molar-refractivity contribution in [2.24, 2.45) is 0 Å². The van der Waals surface area contributed by atoms with E-state index in [0.717, 1.165) is 13.1 Å². The molecule has 0 amide bonds. The lowest BCUT2D eigenvalue weighted by Gasteiger charge is -2.23. The van der Waals surface area contributed by atoms with Gasteiger partial charge in [0, 0.05) is 28.9 Å². The van der Waals surface area contributed by atoms with Crippen LogP contribution in [0.25, 0.3) is 0 Å². The summed E-state index contributed by atoms with van der Waals surface area (Å²) in [5, 5.41) is 7.99. The minimum atomic E-state index is 0.348. The molecule has 0 unspecified atom stereocenters. The van der Waals surface area contributed by atoms with E-state index >= 15 is 0 Å². The lowest BCUT2D eigenvalue weighted by Crippen LogP contribution is -2.35. The van der Waals surface area contributed by atoms with Crippen molar-refractivity contribution in [3.05, 3.63) is 44.8 Å². The number of rotatable bonds is 7. The van der Waals surface area contributed by atoms with Crippen LogP contribution in [-0.2, 0) is 0 Å². The van der Waals surface area contributed by atoms with E-state index in [0.29, 0.717) is 12.1 Å². The molecule has 0 spiro atoms. The van der Waals surface area contributed by atoms with Crippen molar-refractivity contribution in [1.82, 2.24) is 10.2 Å². The Morgan fingerprint density at radius 2 is 1.68 bits per heavy atom. The van der Waals surface area contributed by atoms with Gasteiger partial charge in [-0.2, -0.15) is 0 Å². The second-order valence-electron chi connectivity index (χ2n) is 4.99. The van der Waals surface area contributed by atoms with Gasteiger partial charge in [-0.05, 0) is 43.8 Å². The van der Waals surface area contributed by atoms with Crippen molar-refractivity contribution in [2.45, 2.75) is 25.9 Å². The first-order valence-electron chi connectivity index (χ1n) is 6.69. The number of nitrogens with one attached hydrogen (secondary N) is 1. The Kier molecular flexibility index (Phi) is 5.58. The van der Waals surface area contributed by atoms with Crippen LogP contribution in [-0.4, -0.2) is 31.1 Å². The first-order chi connectivity index (χ1) is 9.18. The first-order valence-corrected chi connectivity index (χ1v) is 8.45. The Hall–Kier alpha value is -0.680. The average molecular weight is 294 g/mol. The van der Waals surface area contributed by atoms with Gasteiger partial charge < -0.3 is 10.2 Å². The molecule has 0 saturated heterocycles. The third kappa shape index (κ3) is 4.14. The number of thiophene rings is 2. The van der Waals surface area contributed by atoms with Gasteiger partial charge in [0.15, 0.2) is 0 Å². The predicted molar refractivity (Wildman–Crippen MR) is 86.2 cm³/mol. The van der Waals surface area contributed by atoms with E-state index < -0.39 is 0 Å². The molecule has 0 bridgehead atoms. The number of nitrogens with zero attached hydrogens (tertiary/aromatic N) is 1. The molecule has 1 N–H and O–H groups in total. The zero-order valence-corrected chi connectivity index (χ0v) is 13.4. The summed E-state index contributed by atoms with van der Waals surface area (Å²) < 4.78 is 0. The molecule has 0 atom stereocenters. The van der Waals surface area contributed by atoms with Gasteiger partial charge in [-0.25, -0.2) is 0 Å². The van der Waals surface area contributed by atoms with Crippen LogP contribution in [0.2, 0.25) is 0 Å². The summed E-state index contributed by atoms with van der Waals surface area (Å²) in [5.41, 5.74) is 0. The topological polar surface area (TPSA) is 15.3 Å². The Balaban J connectivity index is 1.96. The molecule has 19 heavy (non-hydrogen) atoms. The highest BCUT2D eigenvalue weighted by molar-refractivity contribution is 7.11. The monoisotopic (exact) mass is 294 g/mol. The van der Waals surface area contributed by atoms with Crippen molar-refractivity contribution in [2.75, 3.05) is 20.1 Å². The molecule has 2 nitrogen and oxygen atoms in total. The maximum absolute atomic E-state index is 3.69. The highest BCUT2D eigenvalue weighted by atomic mass is 32.1. The molecular weight excluding hydrogens is 272 g/mol. The van der Waals surface area contributed by atoms with Gasteiger partial charge in [0.05, 0.1) is 6.04 Å². The van der Waals surface area contributed by atoms with Crippen molar-refractivity contribution in [3.8, 4) is 0 Å². The fourth-order valence-electron chi connectivity index (χ4n) is 1.90. The summed E-state index contributed by atoms with van der Waals surface area (Å²) in [6.45, 7) is 6.55. The first kappa shape index (κ1) is 14.7. The van der Waals surface area contributed by atoms with E-state index in [2.05, 4.69) is 66.1 Å². The maximum Gasteiger partial charge on any atom is 0.0765 e. The van der Waals surface area contributed by atoms with E-state index in [4.69, 9.17) is 0 Å². The Bertz CT molecular complexity index is 414. The summed E-state index contributed by atoms with van der Waals surface area (Å²) >= 11 is 3.65. The van der Waals surface area contributed by atoms with Crippen LogP contribution in [0.5, 0.6) is 0 Å². The molecule has 2 aromatic heterocycles. The summed E-state index contributed by atoms with van der Waals surface area (Å²) in [6.07, 6.45) is 0. The second-order valence-corrected chi connectivity index (χ2v) is 6.95. The summed E-state index contributed by atoms with van der Waals surface area (Å²) in [7, 11) is 2.18. The lowest BCUT2D eigenvalue weighted by molar-refractivity contribution is 0.271. The van der Waals surface area contributed by atoms with Crippen molar-refractivity contribution >= 4 is 22.7 Å². The Morgan fingerprint density at radius 3 is 2.11 bits per heavy atom. The molecule has 2 heterocycles. The fourth-order valence-corrected chi connectivity index (χ4v) is 3.61. The van der Waals surface area contributed by atoms with Crippen molar-refractivity contribution < 1.29 is 0 Å². The van der Waals surface area contributed by atoms with Gasteiger partial charge >= 0.3 is 0 Å². The molecule has 0 aromatic carbocycles. The van der Waals surface area contributed by atoms with Gasteiger partial charge in [0.1, 0.15) is 0 Å². The van der Waals surface area contributed by atoms with E-state index in [1.54, 1.807) is 0 Å². The molecule has 0 radical (unpaired) electrons. The summed E-state index contributed by atoms with van der Waals surface area (Å²) in [4.78, 5) is 5.16. The fraction of sp³-hybridized carbons (Fsp3) is 0.467. The van der Waals surface area contributed by atoms with E-state index in [9.17, 15) is 0 Å². The maximum atomic E-state index is 3.69. The molecule has 0 fully saturated rings. The molecule has 0 aliphatic rings. The molecule has 2 rings (SSSR count). The molecule has 0 aliphatic heterocycles. The molecule has 104 valence electrons. The SMILES string of the molecule is CC(C)N(C)CCNC(c1cccs1)c1cccs1. The van der Waals surface area contributed by atoms with Gasteiger partial charge in [0.2, 0.25) is 0 Å². The van der Waals surface area contributed by atoms with Gasteiger partial charge in [-0.1, -0.05) is 12.1 Å². The Morgan fingerprint density at radius 1 is 1.11 bits per heavy atom. The molecule has 0 aliphatic carbocycles. The predicted octanol–water partition coefficient (Wildman–Crippen LogP) is 3.83. The van der Waals surface area contributed by atoms with Crippen LogP contribution in [0.15, 0.2) is 35.0 Å². The molecule has 0 saturated carbocycles. The van der Waals surface area contributed by atoms with E-state index in [1.807, 2.05) is 22.7 Å². The third-order valence-corrected chi connectivity index (χ3v) is 5.22. The van der Waals surface area contributed by atoms with Crippen LogP contribution in [0.4, 0.5) is 0 Å². The highest BCUT2D eigenvalue weighted by Crippen LogP contribution is 2.28. The Labute approximate surface area is 124 Å². The number of hydrogen-bond donors (Lipinski definition) is 1. The summed E-state index contributed by atoms with van der Waals surface area (Å²) in [6, 6.07) is 9.64. The third-order valence-electron chi connectivity index (χ3n) is 3.35. The van der Waals surface area contributed by atoms with Gasteiger partial charge in [-0.15, -0.1) is 22.7 Å². The standard InChI is InChI=1S/C15H22N2S2/c1-12(2)17(3)9-8-16-15(13-6-4-10-18-13)14-7-5-11-19-14/h4-7,10-12,15-16H,8-9H2,1-3H3. The highest BCUT2D eigenvalue weighted by Gasteiger charge is 2.15. The van der Waals surface area contributed by atoms with Crippen molar-refractivity contribution in [3.63, 3.8) is 0 Å². The minimum Gasteiger partial charge on any atom is -0.304 e. The van der Waals surface area contributed by atoms with E-state index in [1.165, 1.54) is 9.75 Å². The molecule has 2 aromatic rings. The van der Waals surface area contributed by atoms with Gasteiger partial charge in [-0.3, -0.25) is 0 Å². The van der Waals surface area contributed by atoms with Crippen LogP contribution in [0, 0.1) is 0 Å². The minimum absolute atomic E-state index is 0.348. The van der Waals surface area contributed by atoms with Crippen LogP contribution in [0.3, 0.4) is 0 Å². The van der Waals surface area contributed by atoms with Crippen LogP contribution in [0.1, 0.15) is 29.6 Å². The largest absolute Gasteiger partial charge is 0.304 e. The zero-order chi connectivity index (χ0) is 13.7. The van der Waals surface area contributed by atoms with Crippen molar-refractivity contribution in [1.29, 1.82) is 0 Å². The van der Waals surface area contributed by atoms with Crippen LogP contribution >= 0.6 is 22.7 Å². The number of likely N-dealkylation sites (N-methyl/N-ethyl adjacent to an activating group) is 1. The normalized spacial score (nSPS) is 11.9. The smallest absolute Gasteiger partial charge is 0.0765 e. The van der Waals surface area contributed by atoms with Gasteiger partial charge in [0.25, 0.3) is 0 Å².